The Kier molecular flexibility index (Phi) is 24.3. The lowest BCUT2D eigenvalue weighted by atomic mass is 10.1. The first-order valence-corrected chi connectivity index (χ1v) is 11.0. The topological polar surface area (TPSA) is 56.4 Å². The van der Waals surface area contributed by atoms with E-state index >= 15 is 0 Å². The van der Waals surface area contributed by atoms with Gasteiger partial charge in [-0.15, -0.1) is 11.6 Å². The van der Waals surface area contributed by atoms with Crippen molar-refractivity contribution >= 4 is 17.5 Å². The first-order chi connectivity index (χ1) is 13.2. The van der Waals surface area contributed by atoms with E-state index in [0.29, 0.717) is 25.6 Å². The quantitative estimate of drug-likeness (QED) is 0.160. The van der Waals surface area contributed by atoms with E-state index in [2.05, 4.69) is 46.8 Å². The number of allylic oxidation sites excluding steroid dienone is 4. The molecule has 0 radical (unpaired) electrons. The molecule has 3 N–H and O–H groups in total. The summed E-state index contributed by atoms with van der Waals surface area (Å²) in [5.74, 6) is 0.618. The Morgan fingerprint density at radius 1 is 1.15 bits per heavy atom. The first-order valence-electron chi connectivity index (χ1n) is 10.4. The van der Waals surface area contributed by atoms with Gasteiger partial charge in [-0.05, 0) is 45.8 Å². The maximum absolute atomic E-state index is 11.6. The van der Waals surface area contributed by atoms with E-state index in [1.54, 1.807) is 0 Å². The van der Waals surface area contributed by atoms with Crippen LogP contribution >= 0.6 is 11.6 Å². The third-order valence-corrected chi connectivity index (χ3v) is 4.04. The molecule has 0 unspecified atom stereocenters. The van der Waals surface area contributed by atoms with Crippen molar-refractivity contribution in [3.8, 4) is 0 Å². The van der Waals surface area contributed by atoms with Crippen LogP contribution in [-0.4, -0.2) is 63.1 Å². The van der Waals surface area contributed by atoms with Gasteiger partial charge in [0.25, 0.3) is 0 Å². The highest BCUT2D eigenvalue weighted by molar-refractivity contribution is 6.18. The van der Waals surface area contributed by atoms with E-state index in [4.69, 9.17) is 11.6 Å². The van der Waals surface area contributed by atoms with Gasteiger partial charge in [0, 0.05) is 25.6 Å². The number of carbonyl (C=O) groups is 1. The van der Waals surface area contributed by atoms with E-state index in [1.807, 2.05) is 27.0 Å². The number of nitrogens with zero attached hydrogens (tertiary/aromatic N) is 1. The number of halogens is 1. The first kappa shape index (κ1) is 28.3. The van der Waals surface area contributed by atoms with Crippen molar-refractivity contribution in [1.82, 2.24) is 20.9 Å². The molecule has 6 heteroatoms. The fraction of sp³-hybridized carbons (Fsp3) is 0.762. The second-order valence-corrected chi connectivity index (χ2v) is 6.25. The zero-order valence-corrected chi connectivity index (χ0v) is 19.0. The van der Waals surface area contributed by atoms with Gasteiger partial charge in [-0.3, -0.25) is 10.1 Å². The van der Waals surface area contributed by atoms with Crippen molar-refractivity contribution in [1.29, 1.82) is 0 Å². The van der Waals surface area contributed by atoms with Gasteiger partial charge in [0.15, 0.2) is 0 Å². The average molecular weight is 403 g/mol. The predicted octanol–water partition coefficient (Wildman–Crippen LogP) is 3.52. The van der Waals surface area contributed by atoms with E-state index < -0.39 is 0 Å². The van der Waals surface area contributed by atoms with Crippen LogP contribution in [-0.2, 0) is 4.79 Å². The molecule has 160 valence electrons. The summed E-state index contributed by atoms with van der Waals surface area (Å²) in [4.78, 5) is 14.0. The van der Waals surface area contributed by atoms with Crippen molar-refractivity contribution in [3.05, 3.63) is 23.8 Å². The van der Waals surface area contributed by atoms with Gasteiger partial charge in [-0.1, -0.05) is 51.5 Å². The number of alkyl halides is 1. The highest BCUT2D eigenvalue weighted by atomic mass is 35.5. The molecule has 0 atom stereocenters. The summed E-state index contributed by atoms with van der Waals surface area (Å²) in [6, 6.07) is 0. The molecule has 0 rings (SSSR count). The lowest BCUT2D eigenvalue weighted by molar-refractivity contribution is -0.120. The van der Waals surface area contributed by atoms with Crippen LogP contribution in [0.4, 0.5) is 0 Å². The van der Waals surface area contributed by atoms with Gasteiger partial charge in [0.1, 0.15) is 0 Å². The molecule has 0 bridgehead atoms. The predicted molar refractivity (Wildman–Crippen MR) is 120 cm³/mol. The van der Waals surface area contributed by atoms with Gasteiger partial charge in [0.05, 0.1) is 6.54 Å². The molecular weight excluding hydrogens is 360 g/mol. The van der Waals surface area contributed by atoms with E-state index in [9.17, 15) is 4.79 Å². The fourth-order valence-corrected chi connectivity index (χ4v) is 2.61. The third-order valence-electron chi connectivity index (χ3n) is 3.86. The molecule has 0 aliphatic rings. The zero-order valence-electron chi connectivity index (χ0n) is 18.2. The highest BCUT2D eigenvalue weighted by Crippen LogP contribution is 2.11. The fourth-order valence-electron chi connectivity index (χ4n) is 2.52. The molecule has 0 spiro atoms. The maximum Gasteiger partial charge on any atom is 0.234 e. The summed E-state index contributed by atoms with van der Waals surface area (Å²) < 4.78 is 0. The Hall–Kier alpha value is -0.880. The molecule has 0 aliphatic heterocycles. The summed E-state index contributed by atoms with van der Waals surface area (Å²) in [5, 5.41) is 8.91. The number of hydrogen-bond donors (Lipinski definition) is 3. The van der Waals surface area contributed by atoms with Crippen LogP contribution in [0, 0.1) is 0 Å². The molecular formula is C21H43ClN4O. The summed E-state index contributed by atoms with van der Waals surface area (Å²) in [7, 11) is 1.85. The Morgan fingerprint density at radius 2 is 1.89 bits per heavy atom. The monoisotopic (exact) mass is 402 g/mol. The van der Waals surface area contributed by atoms with Crippen LogP contribution in [0.15, 0.2) is 23.8 Å². The van der Waals surface area contributed by atoms with Gasteiger partial charge >= 0.3 is 0 Å². The number of likely N-dealkylation sites (N-methyl/N-ethyl adjacent to an activating group) is 1. The highest BCUT2D eigenvalue weighted by Gasteiger charge is 2.04. The van der Waals surface area contributed by atoms with Crippen LogP contribution in [0.5, 0.6) is 0 Å². The smallest absolute Gasteiger partial charge is 0.234 e. The van der Waals surface area contributed by atoms with Crippen LogP contribution in [0.1, 0.15) is 53.4 Å². The average Bonchev–Trinajstić information content (AvgIpc) is 2.69. The van der Waals surface area contributed by atoms with Crippen molar-refractivity contribution < 1.29 is 4.79 Å². The number of rotatable bonds is 16. The molecule has 1 amide bonds. The number of carbonyl (C=O) groups excluding carboxylic acids is 1. The summed E-state index contributed by atoms with van der Waals surface area (Å²) in [5.41, 5.74) is 1.38. The number of hydrogen-bond acceptors (Lipinski definition) is 4. The minimum Gasteiger partial charge on any atom is -0.354 e. The maximum atomic E-state index is 11.6. The minimum atomic E-state index is 0.0479. The van der Waals surface area contributed by atoms with E-state index in [0.717, 1.165) is 32.5 Å². The summed E-state index contributed by atoms with van der Waals surface area (Å²) in [6.45, 7) is 13.0. The number of unbranched alkanes of at least 4 members (excludes halogenated alkanes) is 1. The molecule has 0 saturated carbocycles. The molecule has 0 fully saturated rings. The van der Waals surface area contributed by atoms with Crippen molar-refractivity contribution in [3.63, 3.8) is 0 Å². The molecule has 27 heavy (non-hydrogen) atoms. The standard InChI is InChI=1S/C19H37ClN4O.C2H6/c1-4-9-18(11-8-12-20)10-6-7-14-24(5-2)15-13-23-19(25)16-22-17-21-3;1-2/h8-9,11,21-22H,4-7,10,12-17H2,1-3H3,(H,23,25);1-2H3/b11-8-,18-9-;. The Labute approximate surface area is 173 Å². The second kappa shape index (κ2) is 23.2. The lowest BCUT2D eigenvalue weighted by Crippen LogP contribution is -2.40. The van der Waals surface area contributed by atoms with Crippen LogP contribution in [0.2, 0.25) is 0 Å². The van der Waals surface area contributed by atoms with E-state index in [-0.39, 0.29) is 5.91 Å². The van der Waals surface area contributed by atoms with Gasteiger partial charge in [-0.25, -0.2) is 0 Å². The van der Waals surface area contributed by atoms with Crippen molar-refractivity contribution in [2.24, 2.45) is 0 Å². The van der Waals surface area contributed by atoms with Gasteiger partial charge < -0.3 is 15.5 Å². The summed E-state index contributed by atoms with van der Waals surface area (Å²) >= 11 is 5.72. The molecule has 0 aromatic rings. The normalized spacial score (nSPS) is 11.6. The van der Waals surface area contributed by atoms with Crippen LogP contribution in [0.3, 0.4) is 0 Å². The van der Waals surface area contributed by atoms with Crippen molar-refractivity contribution in [2.75, 3.05) is 52.3 Å². The van der Waals surface area contributed by atoms with Gasteiger partial charge in [-0.2, -0.15) is 0 Å². The van der Waals surface area contributed by atoms with Gasteiger partial charge in [0.2, 0.25) is 5.91 Å². The van der Waals surface area contributed by atoms with Crippen molar-refractivity contribution in [2.45, 2.75) is 53.4 Å². The Morgan fingerprint density at radius 3 is 2.48 bits per heavy atom. The number of amides is 1. The summed E-state index contributed by atoms with van der Waals surface area (Å²) in [6.07, 6.45) is 10.9. The molecule has 5 nitrogen and oxygen atoms in total. The lowest BCUT2D eigenvalue weighted by Gasteiger charge is -2.20. The Balaban J connectivity index is 0. The second-order valence-electron chi connectivity index (χ2n) is 5.94. The molecule has 0 saturated heterocycles. The minimum absolute atomic E-state index is 0.0479. The SMILES string of the molecule is CC.CC/C=C(\C=C/CCl)CCCCN(CC)CCNC(=O)CNCNC. The van der Waals surface area contributed by atoms with Crippen LogP contribution in [0.25, 0.3) is 0 Å². The zero-order chi connectivity index (χ0) is 20.8. The Bertz CT molecular complexity index is 386. The number of nitrogens with one attached hydrogen (secondary N) is 3. The largest absolute Gasteiger partial charge is 0.354 e. The van der Waals surface area contributed by atoms with E-state index in [1.165, 1.54) is 18.4 Å². The molecule has 0 aliphatic carbocycles. The van der Waals surface area contributed by atoms with Crippen LogP contribution < -0.4 is 16.0 Å². The third kappa shape index (κ3) is 19.7. The molecule has 0 aromatic carbocycles. The molecule has 0 heterocycles. The molecule has 0 aromatic heterocycles.